The molecule has 1 rings (SSSR count). The molecule has 0 saturated carbocycles. The van der Waals surface area contributed by atoms with E-state index in [4.69, 9.17) is 4.74 Å². The summed E-state index contributed by atoms with van der Waals surface area (Å²) in [5.41, 5.74) is 1.31. The van der Waals surface area contributed by atoms with E-state index in [0.717, 1.165) is 11.8 Å². The predicted molar refractivity (Wildman–Crippen MR) is 77.7 cm³/mol. The van der Waals surface area contributed by atoms with Gasteiger partial charge in [0.15, 0.2) is 9.84 Å². The molecule has 0 unspecified atom stereocenters. The number of hydrogen-bond acceptors (Lipinski definition) is 5. The highest BCUT2D eigenvalue weighted by Gasteiger charge is 2.11. The van der Waals surface area contributed by atoms with E-state index in [1.807, 2.05) is 0 Å². The average molecular weight is 300 g/mol. The smallest absolute Gasteiger partial charge is 0.238 e. The van der Waals surface area contributed by atoms with Crippen LogP contribution in [0.25, 0.3) is 0 Å². The molecule has 7 heteroatoms. The van der Waals surface area contributed by atoms with Gasteiger partial charge in [-0.25, -0.2) is 8.42 Å². The second kappa shape index (κ2) is 7.37. The zero-order chi connectivity index (χ0) is 15.2. The Balaban J connectivity index is 2.69. The molecule has 1 amide bonds. The molecule has 1 aromatic carbocycles. The number of benzene rings is 1. The van der Waals surface area contributed by atoms with E-state index < -0.39 is 9.84 Å². The van der Waals surface area contributed by atoms with Crippen LogP contribution in [0.1, 0.15) is 5.56 Å². The van der Waals surface area contributed by atoms with Crippen molar-refractivity contribution >= 4 is 21.4 Å². The summed E-state index contributed by atoms with van der Waals surface area (Å²) >= 11 is 0. The molecule has 0 aromatic heterocycles. The molecular formula is C13H20N2O4S. The lowest BCUT2D eigenvalue weighted by Crippen LogP contribution is -2.30. The van der Waals surface area contributed by atoms with Gasteiger partial charge in [-0.3, -0.25) is 4.79 Å². The van der Waals surface area contributed by atoms with Gasteiger partial charge in [0, 0.05) is 25.6 Å². The number of carbonyl (C=O) groups is 1. The minimum Gasteiger partial charge on any atom is -0.383 e. The van der Waals surface area contributed by atoms with Gasteiger partial charge >= 0.3 is 0 Å². The molecule has 112 valence electrons. The summed E-state index contributed by atoms with van der Waals surface area (Å²) in [4.78, 5) is 11.9. The molecule has 0 aliphatic heterocycles. The third-order valence-electron chi connectivity index (χ3n) is 2.68. The molecule has 0 saturated heterocycles. The van der Waals surface area contributed by atoms with Gasteiger partial charge < -0.3 is 15.4 Å². The zero-order valence-corrected chi connectivity index (χ0v) is 12.7. The molecule has 0 heterocycles. The Labute approximate surface area is 119 Å². The van der Waals surface area contributed by atoms with Crippen molar-refractivity contribution in [1.82, 2.24) is 5.32 Å². The van der Waals surface area contributed by atoms with E-state index in [9.17, 15) is 13.2 Å². The lowest BCUT2D eigenvalue weighted by molar-refractivity contribution is -0.115. The fraction of sp³-hybridized carbons (Fsp3) is 0.462. The van der Waals surface area contributed by atoms with E-state index in [0.29, 0.717) is 18.8 Å². The molecule has 0 bridgehead atoms. The van der Waals surface area contributed by atoms with Gasteiger partial charge in [0.2, 0.25) is 5.91 Å². The van der Waals surface area contributed by atoms with E-state index in [1.54, 1.807) is 20.1 Å². The van der Waals surface area contributed by atoms with Crippen molar-refractivity contribution < 1.29 is 17.9 Å². The van der Waals surface area contributed by atoms with Crippen LogP contribution >= 0.6 is 0 Å². The van der Waals surface area contributed by atoms with Crippen molar-refractivity contribution in [2.24, 2.45) is 0 Å². The second-order valence-corrected chi connectivity index (χ2v) is 6.48. The number of sulfone groups is 1. The van der Waals surface area contributed by atoms with Crippen molar-refractivity contribution in [3.05, 3.63) is 23.8 Å². The van der Waals surface area contributed by atoms with Crippen LogP contribution in [0.3, 0.4) is 0 Å². The number of nitrogens with one attached hydrogen (secondary N) is 2. The number of anilines is 1. The first kappa shape index (κ1) is 16.6. The van der Waals surface area contributed by atoms with Gasteiger partial charge in [-0.15, -0.1) is 0 Å². The van der Waals surface area contributed by atoms with Gasteiger partial charge in [0.1, 0.15) is 0 Å². The SMILES string of the molecule is COCCNCC(=O)Nc1cc(S(C)(=O)=O)ccc1C. The van der Waals surface area contributed by atoms with Crippen LogP contribution in [0.15, 0.2) is 23.1 Å². The molecule has 6 nitrogen and oxygen atoms in total. The lowest BCUT2D eigenvalue weighted by atomic mass is 10.2. The molecule has 0 aliphatic rings. The van der Waals surface area contributed by atoms with E-state index in [2.05, 4.69) is 10.6 Å². The van der Waals surface area contributed by atoms with Crippen LogP contribution in [-0.2, 0) is 19.4 Å². The summed E-state index contributed by atoms with van der Waals surface area (Å²) in [6, 6.07) is 4.67. The Hall–Kier alpha value is -1.44. The Morgan fingerprint density at radius 3 is 2.65 bits per heavy atom. The fourth-order valence-corrected chi connectivity index (χ4v) is 2.18. The first-order valence-corrected chi connectivity index (χ1v) is 8.04. The predicted octanol–water partition coefficient (Wildman–Crippen LogP) is 0.573. The monoisotopic (exact) mass is 300 g/mol. The lowest BCUT2D eigenvalue weighted by Gasteiger charge is -2.10. The normalized spacial score (nSPS) is 11.3. The highest BCUT2D eigenvalue weighted by Crippen LogP contribution is 2.19. The Bertz CT molecular complexity index is 570. The van der Waals surface area contributed by atoms with Crippen molar-refractivity contribution in [3.8, 4) is 0 Å². The molecule has 0 aliphatic carbocycles. The van der Waals surface area contributed by atoms with Crippen molar-refractivity contribution in [1.29, 1.82) is 0 Å². The number of amides is 1. The van der Waals surface area contributed by atoms with Crippen LogP contribution in [0.5, 0.6) is 0 Å². The summed E-state index contributed by atoms with van der Waals surface area (Å²) in [6.07, 6.45) is 1.13. The third kappa shape index (κ3) is 5.28. The first-order chi connectivity index (χ1) is 9.34. The van der Waals surface area contributed by atoms with Crippen LogP contribution in [0, 0.1) is 6.92 Å². The van der Waals surface area contributed by atoms with Gasteiger partial charge in [-0.1, -0.05) is 6.07 Å². The standard InChI is InChI=1S/C13H20N2O4S/c1-10-4-5-11(20(3,17)18)8-12(10)15-13(16)9-14-6-7-19-2/h4-5,8,14H,6-7,9H2,1-3H3,(H,15,16). The van der Waals surface area contributed by atoms with Crippen molar-refractivity contribution in [3.63, 3.8) is 0 Å². The molecule has 0 atom stereocenters. The molecule has 1 aromatic rings. The van der Waals surface area contributed by atoms with E-state index >= 15 is 0 Å². The average Bonchev–Trinajstić information content (AvgIpc) is 2.36. The summed E-state index contributed by atoms with van der Waals surface area (Å²) in [5, 5.41) is 5.61. The Morgan fingerprint density at radius 1 is 1.35 bits per heavy atom. The number of hydrogen-bond donors (Lipinski definition) is 2. The molecule has 2 N–H and O–H groups in total. The molecule has 0 spiro atoms. The third-order valence-corrected chi connectivity index (χ3v) is 3.79. The van der Waals surface area contributed by atoms with Gasteiger partial charge in [0.25, 0.3) is 0 Å². The van der Waals surface area contributed by atoms with Crippen LogP contribution in [0.2, 0.25) is 0 Å². The van der Waals surface area contributed by atoms with Gasteiger partial charge in [-0.2, -0.15) is 0 Å². The van der Waals surface area contributed by atoms with E-state index in [-0.39, 0.29) is 17.3 Å². The number of methoxy groups -OCH3 is 1. The first-order valence-electron chi connectivity index (χ1n) is 6.15. The summed E-state index contributed by atoms with van der Waals surface area (Å²) < 4.78 is 27.8. The minimum absolute atomic E-state index is 0.145. The molecule has 0 fully saturated rings. The Morgan fingerprint density at radius 2 is 2.05 bits per heavy atom. The molecule has 20 heavy (non-hydrogen) atoms. The van der Waals surface area contributed by atoms with Crippen molar-refractivity contribution in [2.75, 3.05) is 38.4 Å². The number of ether oxygens (including phenoxy) is 1. The van der Waals surface area contributed by atoms with E-state index in [1.165, 1.54) is 12.1 Å². The summed E-state index contributed by atoms with van der Waals surface area (Å²) in [5.74, 6) is -0.227. The Kier molecular flexibility index (Phi) is 6.12. The maximum Gasteiger partial charge on any atom is 0.238 e. The van der Waals surface area contributed by atoms with Gasteiger partial charge in [0.05, 0.1) is 18.0 Å². The topological polar surface area (TPSA) is 84.5 Å². The van der Waals surface area contributed by atoms with Crippen LogP contribution in [0.4, 0.5) is 5.69 Å². The maximum atomic E-state index is 11.7. The van der Waals surface area contributed by atoms with Crippen molar-refractivity contribution in [2.45, 2.75) is 11.8 Å². The summed E-state index contributed by atoms with van der Waals surface area (Å²) in [6.45, 7) is 3.05. The van der Waals surface area contributed by atoms with Crippen LogP contribution in [-0.4, -0.2) is 47.4 Å². The number of carbonyl (C=O) groups excluding carboxylic acids is 1. The highest BCUT2D eigenvalue weighted by atomic mass is 32.2. The van der Waals surface area contributed by atoms with Gasteiger partial charge in [-0.05, 0) is 24.6 Å². The maximum absolute atomic E-state index is 11.7. The highest BCUT2D eigenvalue weighted by molar-refractivity contribution is 7.90. The zero-order valence-electron chi connectivity index (χ0n) is 11.9. The molecular weight excluding hydrogens is 280 g/mol. The number of aryl methyl sites for hydroxylation is 1. The second-order valence-electron chi connectivity index (χ2n) is 4.47. The number of rotatable bonds is 7. The largest absolute Gasteiger partial charge is 0.383 e. The minimum atomic E-state index is -3.29. The summed E-state index contributed by atoms with van der Waals surface area (Å²) in [7, 11) is -1.70. The quantitative estimate of drug-likeness (QED) is 0.719. The van der Waals surface area contributed by atoms with Crippen LogP contribution < -0.4 is 10.6 Å². The fourth-order valence-electron chi connectivity index (χ4n) is 1.54. The molecule has 0 radical (unpaired) electrons.